The summed E-state index contributed by atoms with van der Waals surface area (Å²) in [5, 5.41) is 0. The van der Waals surface area contributed by atoms with Gasteiger partial charge in [0.1, 0.15) is 5.75 Å². The fraction of sp³-hybridized carbons (Fsp3) is 0.375. The van der Waals surface area contributed by atoms with Gasteiger partial charge in [0.05, 0.1) is 24.3 Å². The number of hydrogen-bond acceptors (Lipinski definition) is 5. The molecular formula is C24H26O5. The van der Waals surface area contributed by atoms with Gasteiger partial charge in [-0.05, 0) is 43.2 Å². The topological polar surface area (TPSA) is 69.7 Å². The summed E-state index contributed by atoms with van der Waals surface area (Å²) in [5.41, 5.74) is 3.20. The van der Waals surface area contributed by atoms with Gasteiger partial charge in [-0.15, -0.1) is 0 Å². The summed E-state index contributed by atoms with van der Waals surface area (Å²) in [7, 11) is 0. The van der Waals surface area contributed by atoms with Crippen LogP contribution in [0.5, 0.6) is 5.75 Å². The lowest BCUT2D eigenvalue weighted by atomic mass is 9.88. The Morgan fingerprint density at radius 3 is 2.52 bits per heavy atom. The molecule has 0 fully saturated rings. The number of carbonyl (C=O) groups excluding carboxylic acids is 3. The van der Waals surface area contributed by atoms with Gasteiger partial charge in [-0.2, -0.15) is 0 Å². The highest BCUT2D eigenvalue weighted by molar-refractivity contribution is 6.04. The molecule has 0 bridgehead atoms. The highest BCUT2D eigenvalue weighted by atomic mass is 16.5. The molecule has 0 unspecified atom stereocenters. The van der Waals surface area contributed by atoms with E-state index in [-0.39, 0.29) is 23.5 Å². The Balaban J connectivity index is 2.06. The van der Waals surface area contributed by atoms with Gasteiger partial charge in [0.25, 0.3) is 0 Å². The number of benzene rings is 2. The lowest BCUT2D eigenvalue weighted by molar-refractivity contribution is 0.0526. The van der Waals surface area contributed by atoms with Gasteiger partial charge in [0.2, 0.25) is 0 Å². The first-order chi connectivity index (χ1) is 14.0. The summed E-state index contributed by atoms with van der Waals surface area (Å²) in [6.45, 7) is 6.19. The molecule has 0 saturated carbocycles. The molecule has 152 valence electrons. The molecule has 0 aromatic heterocycles. The Labute approximate surface area is 171 Å². The molecule has 1 atom stereocenters. The first kappa shape index (κ1) is 20.8. The van der Waals surface area contributed by atoms with Crippen molar-refractivity contribution in [2.75, 3.05) is 13.2 Å². The predicted octanol–water partition coefficient (Wildman–Crippen LogP) is 4.96. The summed E-state index contributed by atoms with van der Waals surface area (Å²) in [4.78, 5) is 37.2. The smallest absolute Gasteiger partial charge is 0.338 e. The van der Waals surface area contributed by atoms with Gasteiger partial charge >= 0.3 is 5.97 Å². The van der Waals surface area contributed by atoms with Crippen molar-refractivity contribution in [2.45, 2.75) is 46.0 Å². The quantitative estimate of drug-likeness (QED) is 0.467. The maximum Gasteiger partial charge on any atom is 0.338 e. The molecule has 1 aliphatic rings. The second-order valence-corrected chi connectivity index (χ2v) is 7.10. The number of ether oxygens (including phenoxy) is 2. The second kappa shape index (κ2) is 9.03. The van der Waals surface area contributed by atoms with E-state index in [4.69, 9.17) is 9.47 Å². The van der Waals surface area contributed by atoms with Gasteiger partial charge in [-0.1, -0.05) is 26.0 Å². The van der Waals surface area contributed by atoms with E-state index in [0.29, 0.717) is 48.5 Å². The third-order valence-electron chi connectivity index (χ3n) is 5.11. The summed E-state index contributed by atoms with van der Waals surface area (Å²) in [5.74, 6) is -0.00416. The van der Waals surface area contributed by atoms with Crippen molar-refractivity contribution in [1.29, 1.82) is 0 Å². The molecule has 0 N–H and O–H groups in total. The number of rotatable bonds is 8. The van der Waals surface area contributed by atoms with Crippen molar-refractivity contribution >= 4 is 17.5 Å². The average molecular weight is 394 g/mol. The first-order valence-electron chi connectivity index (χ1n) is 10.1. The van der Waals surface area contributed by atoms with E-state index in [2.05, 4.69) is 0 Å². The van der Waals surface area contributed by atoms with E-state index >= 15 is 0 Å². The van der Waals surface area contributed by atoms with Gasteiger partial charge in [-0.25, -0.2) is 4.79 Å². The normalized spacial score (nSPS) is 14.8. The number of esters is 1. The van der Waals surface area contributed by atoms with Crippen LogP contribution in [0, 0.1) is 0 Å². The van der Waals surface area contributed by atoms with Crippen LogP contribution in [0.1, 0.15) is 88.2 Å². The molecule has 1 aliphatic heterocycles. The average Bonchev–Trinajstić information content (AvgIpc) is 3.17. The van der Waals surface area contributed by atoms with Crippen molar-refractivity contribution in [3.8, 4) is 5.75 Å². The van der Waals surface area contributed by atoms with Crippen molar-refractivity contribution in [2.24, 2.45) is 0 Å². The highest BCUT2D eigenvalue weighted by Crippen LogP contribution is 2.42. The molecule has 2 aromatic rings. The van der Waals surface area contributed by atoms with Gasteiger partial charge in [0, 0.05) is 29.9 Å². The lowest BCUT2D eigenvalue weighted by Gasteiger charge is -2.13. The van der Waals surface area contributed by atoms with Crippen molar-refractivity contribution in [1.82, 2.24) is 0 Å². The number of hydrogen-bond donors (Lipinski definition) is 0. The SMILES string of the molecule is CCCC(=O)c1cc(C(=O)CC)c2c(c1)[C@H](c1cccc(C(=O)OCC)c1)CO2. The number of carbonyl (C=O) groups is 3. The summed E-state index contributed by atoms with van der Waals surface area (Å²) >= 11 is 0. The van der Waals surface area contributed by atoms with Crippen molar-refractivity contribution < 1.29 is 23.9 Å². The molecule has 5 nitrogen and oxygen atoms in total. The minimum atomic E-state index is -0.373. The van der Waals surface area contributed by atoms with E-state index in [1.54, 1.807) is 32.0 Å². The molecule has 0 aliphatic carbocycles. The van der Waals surface area contributed by atoms with Crippen LogP contribution >= 0.6 is 0 Å². The van der Waals surface area contributed by atoms with Crippen LogP contribution in [0.25, 0.3) is 0 Å². The number of Topliss-reactive ketones (excluding diaryl/α,β-unsaturated/α-hetero) is 2. The van der Waals surface area contributed by atoms with Crippen LogP contribution in [-0.2, 0) is 4.74 Å². The summed E-state index contributed by atoms with van der Waals surface area (Å²) < 4.78 is 11.0. The molecule has 29 heavy (non-hydrogen) atoms. The zero-order valence-corrected chi connectivity index (χ0v) is 17.1. The molecule has 0 saturated heterocycles. The van der Waals surface area contributed by atoms with Crippen LogP contribution in [0.2, 0.25) is 0 Å². The standard InChI is InChI=1S/C24H26O5/c1-4-8-22(26)17-12-18-20(14-29-23(18)19(13-17)21(25)5-2)15-9-7-10-16(11-15)24(27)28-6-3/h7,9-13,20H,4-6,8,14H2,1-3H3/t20-/m0/s1. The van der Waals surface area contributed by atoms with E-state index < -0.39 is 0 Å². The number of ketones is 2. The van der Waals surface area contributed by atoms with Crippen LogP contribution < -0.4 is 4.74 Å². The highest BCUT2D eigenvalue weighted by Gasteiger charge is 2.31. The molecule has 0 spiro atoms. The summed E-state index contributed by atoms with van der Waals surface area (Å²) in [6, 6.07) is 10.8. The Bertz CT molecular complexity index is 944. The minimum absolute atomic E-state index is 0.0198. The molecular weight excluding hydrogens is 368 g/mol. The molecule has 2 aromatic carbocycles. The zero-order chi connectivity index (χ0) is 21.0. The summed E-state index contributed by atoms with van der Waals surface area (Å²) in [6.07, 6.45) is 1.52. The van der Waals surface area contributed by atoms with Crippen molar-refractivity contribution in [3.63, 3.8) is 0 Å². The Hall–Kier alpha value is -2.95. The van der Waals surface area contributed by atoms with E-state index in [1.807, 2.05) is 25.1 Å². The zero-order valence-electron chi connectivity index (χ0n) is 17.1. The van der Waals surface area contributed by atoms with Crippen LogP contribution in [0.3, 0.4) is 0 Å². The fourth-order valence-electron chi connectivity index (χ4n) is 3.63. The molecule has 0 radical (unpaired) electrons. The van der Waals surface area contributed by atoms with Gasteiger partial charge < -0.3 is 9.47 Å². The Kier molecular flexibility index (Phi) is 6.47. The first-order valence-corrected chi connectivity index (χ1v) is 10.1. The van der Waals surface area contributed by atoms with Gasteiger partial charge in [-0.3, -0.25) is 9.59 Å². The monoisotopic (exact) mass is 394 g/mol. The minimum Gasteiger partial charge on any atom is -0.492 e. The molecule has 0 amide bonds. The largest absolute Gasteiger partial charge is 0.492 e. The Morgan fingerprint density at radius 2 is 1.83 bits per heavy atom. The fourth-order valence-corrected chi connectivity index (χ4v) is 3.63. The Morgan fingerprint density at radius 1 is 1.03 bits per heavy atom. The number of fused-ring (bicyclic) bond motifs is 1. The maximum atomic E-state index is 12.6. The van der Waals surface area contributed by atoms with Crippen LogP contribution in [0.4, 0.5) is 0 Å². The molecule has 5 heteroatoms. The molecule has 1 heterocycles. The van der Waals surface area contributed by atoms with Crippen LogP contribution in [0.15, 0.2) is 36.4 Å². The van der Waals surface area contributed by atoms with Crippen LogP contribution in [-0.4, -0.2) is 30.7 Å². The third-order valence-corrected chi connectivity index (χ3v) is 5.11. The predicted molar refractivity (Wildman–Crippen MR) is 110 cm³/mol. The third kappa shape index (κ3) is 4.24. The van der Waals surface area contributed by atoms with E-state index in [1.165, 1.54) is 0 Å². The lowest BCUT2D eigenvalue weighted by Crippen LogP contribution is -2.08. The van der Waals surface area contributed by atoms with E-state index in [0.717, 1.165) is 17.5 Å². The maximum absolute atomic E-state index is 12.6. The molecule has 3 rings (SSSR count). The second-order valence-electron chi connectivity index (χ2n) is 7.10. The van der Waals surface area contributed by atoms with Crippen molar-refractivity contribution in [3.05, 3.63) is 64.2 Å². The van der Waals surface area contributed by atoms with E-state index in [9.17, 15) is 14.4 Å². The van der Waals surface area contributed by atoms with Gasteiger partial charge in [0.15, 0.2) is 11.6 Å².